The van der Waals surface area contributed by atoms with Crippen molar-refractivity contribution in [2.24, 2.45) is 0 Å². The van der Waals surface area contributed by atoms with Crippen molar-refractivity contribution in [2.45, 2.75) is 13.1 Å². The first-order valence-electron chi connectivity index (χ1n) is 6.99. The molecule has 0 atom stereocenters. The SMILES string of the molecule is COc1cccc(CNC(=S)NCc2ccccc2OC)c1. The summed E-state index contributed by atoms with van der Waals surface area (Å²) in [5.41, 5.74) is 2.18. The highest BCUT2D eigenvalue weighted by Crippen LogP contribution is 2.16. The minimum Gasteiger partial charge on any atom is -0.497 e. The van der Waals surface area contributed by atoms with Gasteiger partial charge in [0.25, 0.3) is 0 Å². The predicted octanol–water partition coefficient (Wildman–Crippen LogP) is 2.87. The van der Waals surface area contributed by atoms with Crippen molar-refractivity contribution in [3.63, 3.8) is 0 Å². The maximum Gasteiger partial charge on any atom is 0.166 e. The molecule has 22 heavy (non-hydrogen) atoms. The van der Waals surface area contributed by atoms with Gasteiger partial charge in [-0.3, -0.25) is 0 Å². The molecule has 0 bridgehead atoms. The van der Waals surface area contributed by atoms with Crippen molar-refractivity contribution in [3.05, 3.63) is 59.7 Å². The first-order valence-corrected chi connectivity index (χ1v) is 7.40. The number of rotatable bonds is 6. The summed E-state index contributed by atoms with van der Waals surface area (Å²) >= 11 is 5.30. The number of hydrogen-bond acceptors (Lipinski definition) is 3. The van der Waals surface area contributed by atoms with Crippen molar-refractivity contribution in [3.8, 4) is 11.5 Å². The lowest BCUT2D eigenvalue weighted by Gasteiger charge is -2.13. The van der Waals surface area contributed by atoms with Crippen molar-refractivity contribution >= 4 is 17.3 Å². The van der Waals surface area contributed by atoms with Crippen LogP contribution in [0.15, 0.2) is 48.5 Å². The van der Waals surface area contributed by atoms with E-state index in [0.717, 1.165) is 22.6 Å². The number of thiocarbonyl (C=S) groups is 1. The quantitative estimate of drug-likeness (QED) is 0.802. The van der Waals surface area contributed by atoms with Gasteiger partial charge < -0.3 is 20.1 Å². The molecule has 2 aromatic carbocycles. The number of hydrogen-bond donors (Lipinski definition) is 2. The second-order valence-electron chi connectivity index (χ2n) is 4.70. The van der Waals surface area contributed by atoms with Crippen LogP contribution in [-0.2, 0) is 13.1 Å². The third-order valence-electron chi connectivity index (χ3n) is 3.22. The normalized spacial score (nSPS) is 9.91. The molecule has 5 heteroatoms. The number of benzene rings is 2. The molecule has 2 rings (SSSR count). The molecule has 0 aromatic heterocycles. The second kappa shape index (κ2) is 8.24. The molecule has 0 heterocycles. The fourth-order valence-corrected chi connectivity index (χ4v) is 2.20. The minimum absolute atomic E-state index is 0.605. The lowest BCUT2D eigenvalue weighted by Crippen LogP contribution is -2.34. The van der Waals surface area contributed by atoms with Crippen LogP contribution in [0, 0.1) is 0 Å². The molecule has 4 nitrogen and oxygen atoms in total. The second-order valence-corrected chi connectivity index (χ2v) is 5.11. The summed E-state index contributed by atoms with van der Waals surface area (Å²) in [7, 11) is 3.32. The van der Waals surface area contributed by atoms with Crippen LogP contribution in [0.4, 0.5) is 0 Å². The highest BCUT2D eigenvalue weighted by molar-refractivity contribution is 7.80. The molecule has 0 aliphatic heterocycles. The van der Waals surface area contributed by atoms with E-state index < -0.39 is 0 Å². The smallest absolute Gasteiger partial charge is 0.166 e. The van der Waals surface area contributed by atoms with E-state index in [0.29, 0.717) is 18.2 Å². The van der Waals surface area contributed by atoms with E-state index in [1.807, 2.05) is 48.5 Å². The molecule has 2 aromatic rings. The highest BCUT2D eigenvalue weighted by atomic mass is 32.1. The Labute approximate surface area is 136 Å². The molecular weight excluding hydrogens is 296 g/mol. The molecule has 0 radical (unpaired) electrons. The van der Waals surface area contributed by atoms with E-state index in [1.54, 1.807) is 14.2 Å². The van der Waals surface area contributed by atoms with Gasteiger partial charge in [-0.2, -0.15) is 0 Å². The molecular formula is C17H20N2O2S. The lowest BCUT2D eigenvalue weighted by atomic mass is 10.2. The van der Waals surface area contributed by atoms with Crippen LogP contribution in [0.1, 0.15) is 11.1 Å². The van der Waals surface area contributed by atoms with E-state index in [9.17, 15) is 0 Å². The Hall–Kier alpha value is -2.27. The maximum atomic E-state index is 5.31. The zero-order valence-corrected chi connectivity index (χ0v) is 13.6. The molecule has 0 amide bonds. The molecule has 0 aliphatic rings. The van der Waals surface area contributed by atoms with Crippen molar-refractivity contribution < 1.29 is 9.47 Å². The van der Waals surface area contributed by atoms with Crippen LogP contribution in [0.5, 0.6) is 11.5 Å². The van der Waals surface area contributed by atoms with Crippen LogP contribution >= 0.6 is 12.2 Å². The third kappa shape index (κ3) is 4.63. The van der Waals surface area contributed by atoms with Gasteiger partial charge in [-0.05, 0) is 36.0 Å². The first kappa shape index (κ1) is 16.1. The third-order valence-corrected chi connectivity index (χ3v) is 3.51. The zero-order chi connectivity index (χ0) is 15.8. The fourth-order valence-electron chi connectivity index (χ4n) is 2.05. The van der Waals surface area contributed by atoms with Gasteiger partial charge in [0.15, 0.2) is 5.11 Å². The van der Waals surface area contributed by atoms with Gasteiger partial charge in [0.2, 0.25) is 0 Å². The molecule has 116 valence electrons. The standard InChI is InChI=1S/C17H20N2O2S/c1-20-15-8-5-6-13(10-15)11-18-17(22)19-12-14-7-3-4-9-16(14)21-2/h3-10H,11-12H2,1-2H3,(H2,18,19,22). The highest BCUT2D eigenvalue weighted by Gasteiger charge is 2.03. The van der Waals surface area contributed by atoms with Crippen LogP contribution in [0.3, 0.4) is 0 Å². The van der Waals surface area contributed by atoms with Gasteiger partial charge in [-0.1, -0.05) is 30.3 Å². The van der Waals surface area contributed by atoms with E-state index in [4.69, 9.17) is 21.7 Å². The Morgan fingerprint density at radius 2 is 1.73 bits per heavy atom. The average molecular weight is 316 g/mol. The van der Waals surface area contributed by atoms with Crippen molar-refractivity contribution in [2.75, 3.05) is 14.2 Å². The summed E-state index contributed by atoms with van der Waals surface area (Å²) in [4.78, 5) is 0. The Kier molecular flexibility index (Phi) is 6.03. The zero-order valence-electron chi connectivity index (χ0n) is 12.8. The lowest BCUT2D eigenvalue weighted by molar-refractivity contribution is 0.409. The summed E-state index contributed by atoms with van der Waals surface area (Å²) in [6.45, 7) is 1.27. The van der Waals surface area contributed by atoms with Gasteiger partial charge in [0.1, 0.15) is 11.5 Å². The van der Waals surface area contributed by atoms with E-state index >= 15 is 0 Å². The molecule has 0 unspecified atom stereocenters. The summed E-state index contributed by atoms with van der Waals surface area (Å²) < 4.78 is 10.5. The van der Waals surface area contributed by atoms with E-state index in [1.165, 1.54) is 0 Å². The molecule has 0 aliphatic carbocycles. The monoisotopic (exact) mass is 316 g/mol. The molecule has 0 spiro atoms. The van der Waals surface area contributed by atoms with Crippen molar-refractivity contribution in [1.29, 1.82) is 0 Å². The topological polar surface area (TPSA) is 42.5 Å². The van der Waals surface area contributed by atoms with Crippen LogP contribution in [-0.4, -0.2) is 19.3 Å². The summed E-state index contributed by atoms with van der Waals surface area (Å²) in [6, 6.07) is 15.8. The van der Waals surface area contributed by atoms with Gasteiger partial charge in [0, 0.05) is 18.7 Å². The maximum absolute atomic E-state index is 5.31. The Morgan fingerprint density at radius 3 is 2.50 bits per heavy atom. The fraction of sp³-hybridized carbons (Fsp3) is 0.235. The number of ether oxygens (including phenoxy) is 2. The summed E-state index contributed by atoms with van der Waals surface area (Å²) in [5.74, 6) is 1.69. The average Bonchev–Trinajstić information content (AvgIpc) is 2.58. The van der Waals surface area contributed by atoms with Crippen LogP contribution in [0.2, 0.25) is 0 Å². The number of nitrogens with one attached hydrogen (secondary N) is 2. The van der Waals surface area contributed by atoms with E-state index in [-0.39, 0.29) is 0 Å². The van der Waals surface area contributed by atoms with E-state index in [2.05, 4.69) is 10.6 Å². The van der Waals surface area contributed by atoms with Gasteiger partial charge in [0.05, 0.1) is 14.2 Å². The Balaban J connectivity index is 1.83. The molecule has 0 saturated carbocycles. The Bertz CT molecular complexity index is 632. The largest absolute Gasteiger partial charge is 0.497 e. The predicted molar refractivity (Wildman–Crippen MR) is 92.3 cm³/mol. The van der Waals surface area contributed by atoms with Gasteiger partial charge in [-0.25, -0.2) is 0 Å². The molecule has 0 saturated heterocycles. The van der Waals surface area contributed by atoms with Crippen molar-refractivity contribution in [1.82, 2.24) is 10.6 Å². The van der Waals surface area contributed by atoms with Crippen LogP contribution < -0.4 is 20.1 Å². The van der Waals surface area contributed by atoms with Gasteiger partial charge in [-0.15, -0.1) is 0 Å². The number of methoxy groups -OCH3 is 2. The van der Waals surface area contributed by atoms with Gasteiger partial charge >= 0.3 is 0 Å². The summed E-state index contributed by atoms with van der Waals surface area (Å²) in [5, 5.41) is 6.97. The number of para-hydroxylation sites is 1. The first-order chi connectivity index (χ1) is 10.7. The summed E-state index contributed by atoms with van der Waals surface area (Å²) in [6.07, 6.45) is 0. The molecule has 0 fully saturated rings. The van der Waals surface area contributed by atoms with Crippen LogP contribution in [0.25, 0.3) is 0 Å². The molecule has 2 N–H and O–H groups in total. The Morgan fingerprint density at radius 1 is 0.955 bits per heavy atom. The minimum atomic E-state index is 0.605.